The highest BCUT2D eigenvalue weighted by Crippen LogP contribution is 2.87. The van der Waals surface area contributed by atoms with Crippen LogP contribution < -0.4 is 15.9 Å². The molecule has 5 aliphatic rings. The third-order valence-corrected chi connectivity index (χ3v) is 34.6. The quantitative estimate of drug-likeness (QED) is 0.0946. The fraction of sp³-hybridized carbons (Fsp3) is 0.0899. The highest BCUT2D eigenvalue weighted by atomic mass is 31.2. The molecular formula is C89H29O4P. The lowest BCUT2D eigenvalue weighted by Gasteiger charge is -2.54. The molecule has 1 atom stereocenters. The SMILES string of the molecule is COC(=O)C(C1=CC(C(=O)OC)C23c4c5c6c7c8c9c(c%10c%11c2c2c4c4c%12c5c5c6c6c8c8c%13c9c9c%10c%10c%11c%11c2c2c4c4c%12c%12c5c5c6c8c6c8c%13c9c9c%10c%10c%11c2c2c4c4c%12c5c6c5c8c9c%10c2c45)C173)=P(c1ccc(C)cc1)(c1ccc(C)cc1)c1ccc(C)cc1. The Morgan fingerprint density at radius 2 is 0.489 bits per heavy atom. The van der Waals surface area contributed by atoms with E-state index >= 15 is 9.59 Å². The van der Waals surface area contributed by atoms with Gasteiger partial charge in [0.25, 0.3) is 0 Å². The van der Waals surface area contributed by atoms with Gasteiger partial charge in [-0.15, -0.1) is 0 Å². The molecule has 0 saturated carbocycles. The van der Waals surface area contributed by atoms with E-state index in [-0.39, 0.29) is 11.9 Å². The second kappa shape index (κ2) is 10.3. The summed E-state index contributed by atoms with van der Waals surface area (Å²) in [7, 11) is 3.28. The topological polar surface area (TPSA) is 52.6 Å². The Morgan fingerprint density at radius 1 is 0.287 bits per heavy atom. The van der Waals surface area contributed by atoms with Crippen LogP contribution in [0.4, 0.5) is 0 Å². The van der Waals surface area contributed by atoms with E-state index in [1.54, 1.807) is 68.1 Å². The predicted molar refractivity (Wildman–Crippen MR) is 394 cm³/mol. The molecule has 4 nitrogen and oxygen atoms in total. The third kappa shape index (κ3) is 2.59. The monoisotopic (exact) mass is 1190 g/mol. The first-order valence-electron chi connectivity index (χ1n) is 33.9. The van der Waals surface area contributed by atoms with Crippen LogP contribution in [0, 0.1) is 26.7 Å². The molecule has 414 valence electrons. The van der Waals surface area contributed by atoms with Gasteiger partial charge in [0, 0.05) is 0 Å². The maximum absolute atomic E-state index is 17.5. The van der Waals surface area contributed by atoms with E-state index in [4.69, 9.17) is 9.47 Å². The fourth-order valence-electron chi connectivity index (χ4n) is 29.0. The summed E-state index contributed by atoms with van der Waals surface area (Å²) in [5, 5.41) is 84.4. The normalized spacial score (nSPS) is 20.5. The average molecular weight is 1190 g/mol. The molecule has 1 unspecified atom stereocenters. The number of methoxy groups -OCH3 is 2. The number of aryl methyl sites for hydroxylation is 3. The van der Waals surface area contributed by atoms with Crippen LogP contribution >= 0.6 is 6.89 Å². The van der Waals surface area contributed by atoms with Crippen LogP contribution in [0.2, 0.25) is 0 Å². The molecule has 0 heterocycles. The predicted octanol–water partition coefficient (Wildman–Crippen LogP) is 20.3. The van der Waals surface area contributed by atoms with Crippen molar-refractivity contribution in [2.24, 2.45) is 5.92 Å². The van der Waals surface area contributed by atoms with E-state index in [1.165, 1.54) is 259 Å². The molecule has 0 aliphatic heterocycles. The summed E-state index contributed by atoms with van der Waals surface area (Å²) in [5.74, 6) is -1.42. The number of benzene rings is 21. The lowest BCUT2D eigenvalue weighted by Crippen LogP contribution is -2.56. The number of hydrogen-bond donors (Lipinski definition) is 0. The molecule has 36 rings (SSSR count). The van der Waals surface area contributed by atoms with Crippen LogP contribution in [0.15, 0.2) is 84.4 Å². The molecule has 0 bridgehead atoms. The largest absolute Gasteiger partial charge is 0.469 e. The molecule has 94 heavy (non-hydrogen) atoms. The van der Waals surface area contributed by atoms with Crippen LogP contribution in [0.25, 0.3) is 291 Å². The van der Waals surface area contributed by atoms with Crippen molar-refractivity contribution in [2.75, 3.05) is 14.2 Å². The molecule has 0 amide bonds. The van der Waals surface area contributed by atoms with Crippen molar-refractivity contribution >= 4 is 331 Å². The molecule has 31 aromatic rings. The molecular weight excluding hydrogens is 1160 g/mol. The Hall–Kier alpha value is -10.9. The number of hydrogen-bond acceptors (Lipinski definition) is 4. The van der Waals surface area contributed by atoms with E-state index in [9.17, 15) is 0 Å². The second-order valence-electron chi connectivity index (χ2n) is 31.9. The number of carbonyl (C=O) groups is 2. The summed E-state index contributed by atoms with van der Waals surface area (Å²) in [5.41, 5.74) is 7.58. The summed E-state index contributed by atoms with van der Waals surface area (Å²) in [6, 6.07) is 27.6. The van der Waals surface area contributed by atoms with E-state index in [0.717, 1.165) is 38.2 Å². The Morgan fingerprint density at radius 3 is 0.691 bits per heavy atom. The van der Waals surface area contributed by atoms with Gasteiger partial charge < -0.3 is 9.47 Å². The van der Waals surface area contributed by atoms with Gasteiger partial charge in [-0.1, -0.05) is 95.6 Å². The summed E-state index contributed by atoms with van der Waals surface area (Å²) in [6.07, 6.45) is 2.42. The minimum atomic E-state index is -3.42. The second-order valence-corrected chi connectivity index (χ2v) is 35.2. The van der Waals surface area contributed by atoms with Crippen LogP contribution in [-0.2, 0) is 29.9 Å². The maximum Gasteiger partial charge on any atom is 0.339 e. The first kappa shape index (κ1) is 40.8. The molecule has 0 aromatic heterocycles. The third-order valence-electron chi connectivity index (χ3n) is 30.3. The molecule has 0 fully saturated rings. The summed E-state index contributed by atoms with van der Waals surface area (Å²) in [6.45, 7) is 3.11. The Kier molecular flexibility index (Phi) is 4.47. The summed E-state index contributed by atoms with van der Waals surface area (Å²) >= 11 is 0. The lowest BCUT2D eigenvalue weighted by atomic mass is 9.46. The Balaban J connectivity index is 0.979. The highest BCUT2D eigenvalue weighted by molar-refractivity contribution is 7.96. The lowest BCUT2D eigenvalue weighted by molar-refractivity contribution is -0.145. The molecule has 5 heteroatoms. The van der Waals surface area contributed by atoms with Crippen LogP contribution in [0.3, 0.4) is 0 Å². The molecule has 0 saturated heterocycles. The highest BCUT2D eigenvalue weighted by Gasteiger charge is 2.77. The minimum absolute atomic E-state index is 0.235. The zero-order valence-electron chi connectivity index (χ0n) is 50.2. The van der Waals surface area contributed by atoms with E-state index in [2.05, 4.69) is 99.6 Å². The van der Waals surface area contributed by atoms with Gasteiger partial charge in [0.05, 0.1) is 36.3 Å². The Bertz CT molecular complexity index is 8630. The van der Waals surface area contributed by atoms with Gasteiger partial charge in [-0.25, -0.2) is 4.79 Å². The molecule has 2 spiro atoms. The van der Waals surface area contributed by atoms with Gasteiger partial charge in [0.2, 0.25) is 0 Å². The molecule has 31 aromatic carbocycles. The van der Waals surface area contributed by atoms with Crippen molar-refractivity contribution in [1.29, 1.82) is 0 Å². The minimum Gasteiger partial charge on any atom is -0.469 e. The van der Waals surface area contributed by atoms with E-state index in [1.807, 2.05) is 0 Å². The van der Waals surface area contributed by atoms with Gasteiger partial charge in [0.15, 0.2) is 0 Å². The average Bonchev–Trinajstić information content (AvgIpc) is 1.38. The van der Waals surface area contributed by atoms with Crippen molar-refractivity contribution in [2.45, 2.75) is 31.6 Å². The molecule has 5 aliphatic carbocycles. The van der Waals surface area contributed by atoms with Crippen molar-refractivity contribution in [1.82, 2.24) is 0 Å². The summed E-state index contributed by atoms with van der Waals surface area (Å²) < 4.78 is 13.4. The summed E-state index contributed by atoms with van der Waals surface area (Å²) in [4.78, 5) is 34.7. The van der Waals surface area contributed by atoms with Gasteiger partial charge in [-0.05, 0) is 362 Å². The standard InChI is InChI=1S/C89H29O4P/c1-19-6-12-22(13-7-19)94(23-14-8-20(2)9-15-23,24-16-10-21(3)11-17-24)85(87(91)93-5)25-18-26(86(90)92-4)89-83-77-67-57-47-39-31-28-27-29-33-35(31)43-49-41(33)51-45-37(29)38-30(27)34-36-32(28)40(39)48-54-44(36)50-42(34)52-46(38)56-55(45)65-59(51)69-63(49)71(61(67)53(43)47)79(83)75(69)81-73(65)74-66(56)60(52)70-64(50)72-62(54)68(58(48)57)78(77)84(89)80(72)76(70)82(74)88(25,81)89/h6-18,26H,1-5H3. The number of carbonyl (C=O) groups excluding carboxylic acids is 2. The first-order chi connectivity index (χ1) is 46.3. The van der Waals surface area contributed by atoms with Crippen LogP contribution in [0.5, 0.6) is 0 Å². The van der Waals surface area contributed by atoms with Crippen LogP contribution in [-0.4, -0.2) is 31.5 Å². The Labute approximate surface area is 521 Å². The van der Waals surface area contributed by atoms with E-state index in [0.29, 0.717) is 5.29 Å². The van der Waals surface area contributed by atoms with Gasteiger partial charge in [-0.2, -0.15) is 0 Å². The van der Waals surface area contributed by atoms with Crippen molar-refractivity contribution < 1.29 is 19.1 Å². The van der Waals surface area contributed by atoms with Crippen molar-refractivity contribution in [3.8, 4) is 0 Å². The van der Waals surface area contributed by atoms with Crippen LogP contribution in [0.1, 0.15) is 38.9 Å². The number of ether oxygens (including phenoxy) is 2. The van der Waals surface area contributed by atoms with Gasteiger partial charge in [-0.3, -0.25) is 4.79 Å². The zero-order valence-corrected chi connectivity index (χ0v) is 51.1. The number of rotatable bonds is 6. The smallest absolute Gasteiger partial charge is 0.339 e. The number of esters is 2. The van der Waals surface area contributed by atoms with Gasteiger partial charge in [0.1, 0.15) is 0 Å². The van der Waals surface area contributed by atoms with Crippen molar-refractivity contribution in [3.05, 3.63) is 123 Å². The molecule has 0 radical (unpaired) electrons. The van der Waals surface area contributed by atoms with E-state index < -0.39 is 23.6 Å². The van der Waals surface area contributed by atoms with Crippen molar-refractivity contribution in [3.63, 3.8) is 0 Å². The zero-order chi connectivity index (χ0) is 58.9. The molecule has 0 N–H and O–H groups in total. The fourth-order valence-corrected chi connectivity index (χ4v) is 33.5. The van der Waals surface area contributed by atoms with Gasteiger partial charge >= 0.3 is 11.9 Å². The first-order valence-corrected chi connectivity index (χ1v) is 35.7. The maximum atomic E-state index is 17.5.